The molecule has 1 unspecified atom stereocenters. The van der Waals surface area contributed by atoms with Crippen LogP contribution in [0.2, 0.25) is 0 Å². The van der Waals surface area contributed by atoms with Crippen molar-refractivity contribution in [3.8, 4) is 0 Å². The zero-order valence-electron chi connectivity index (χ0n) is 12.2. The third-order valence-electron chi connectivity index (χ3n) is 4.24. The van der Waals surface area contributed by atoms with E-state index in [0.717, 1.165) is 44.7 Å². The quantitative estimate of drug-likeness (QED) is 0.742. The van der Waals surface area contributed by atoms with Crippen LogP contribution in [0.1, 0.15) is 38.2 Å². The molecule has 1 aromatic carbocycles. The molecule has 0 aromatic heterocycles. The molecule has 110 valence electrons. The number of likely N-dealkylation sites (tertiary alicyclic amines) is 1. The lowest BCUT2D eigenvalue weighted by Gasteiger charge is -2.33. The van der Waals surface area contributed by atoms with E-state index >= 15 is 0 Å². The van der Waals surface area contributed by atoms with Crippen LogP contribution >= 0.6 is 15.9 Å². The van der Waals surface area contributed by atoms with Gasteiger partial charge in [-0.3, -0.25) is 4.79 Å². The molecule has 2 rings (SSSR count). The summed E-state index contributed by atoms with van der Waals surface area (Å²) in [7, 11) is 0. The van der Waals surface area contributed by atoms with Crippen LogP contribution in [0.15, 0.2) is 30.3 Å². The van der Waals surface area contributed by atoms with Crippen molar-refractivity contribution in [2.75, 3.05) is 13.1 Å². The van der Waals surface area contributed by atoms with Gasteiger partial charge in [0.1, 0.15) is 0 Å². The number of hydrogen-bond donors (Lipinski definition) is 0. The minimum atomic E-state index is 0.335. The number of aryl methyl sites for hydroxylation is 1. The molecule has 1 fully saturated rings. The number of halogens is 1. The number of carbonyl (C=O) groups excluding carboxylic acids is 1. The van der Waals surface area contributed by atoms with Gasteiger partial charge in [-0.2, -0.15) is 0 Å². The van der Waals surface area contributed by atoms with Gasteiger partial charge in [-0.15, -0.1) is 0 Å². The molecule has 1 amide bonds. The first-order chi connectivity index (χ1) is 9.66. The van der Waals surface area contributed by atoms with Crippen molar-refractivity contribution in [1.29, 1.82) is 0 Å². The van der Waals surface area contributed by atoms with Gasteiger partial charge in [0.15, 0.2) is 0 Å². The van der Waals surface area contributed by atoms with Gasteiger partial charge >= 0.3 is 0 Å². The van der Waals surface area contributed by atoms with Crippen molar-refractivity contribution in [2.45, 2.75) is 43.9 Å². The maximum absolute atomic E-state index is 12.2. The highest BCUT2D eigenvalue weighted by Crippen LogP contribution is 2.25. The number of piperidine rings is 1. The average molecular weight is 338 g/mol. The summed E-state index contributed by atoms with van der Waals surface area (Å²) in [4.78, 5) is 14.8. The first-order valence-corrected chi connectivity index (χ1v) is 8.54. The number of rotatable bonds is 5. The molecular formula is C17H24BrNO. The van der Waals surface area contributed by atoms with E-state index in [1.165, 1.54) is 5.56 Å². The van der Waals surface area contributed by atoms with Gasteiger partial charge in [0, 0.05) is 24.3 Å². The molecule has 2 nitrogen and oxygen atoms in total. The lowest BCUT2D eigenvalue weighted by Crippen LogP contribution is -2.39. The number of carbonyl (C=O) groups is 1. The van der Waals surface area contributed by atoms with Gasteiger partial charge in [-0.1, -0.05) is 53.2 Å². The summed E-state index contributed by atoms with van der Waals surface area (Å²) >= 11 is 3.66. The zero-order chi connectivity index (χ0) is 14.4. The Hall–Kier alpha value is -0.830. The highest BCUT2D eigenvalue weighted by molar-refractivity contribution is 9.09. The monoisotopic (exact) mass is 337 g/mol. The second-order valence-electron chi connectivity index (χ2n) is 5.73. The first kappa shape index (κ1) is 15.6. The largest absolute Gasteiger partial charge is 0.343 e. The summed E-state index contributed by atoms with van der Waals surface area (Å²) in [5, 5.41) is 0. The number of hydrogen-bond acceptors (Lipinski definition) is 1. The Labute approximate surface area is 130 Å². The Morgan fingerprint density at radius 1 is 1.30 bits per heavy atom. The van der Waals surface area contributed by atoms with Gasteiger partial charge in [0.05, 0.1) is 0 Å². The van der Waals surface area contributed by atoms with Crippen molar-refractivity contribution < 1.29 is 4.79 Å². The lowest BCUT2D eigenvalue weighted by atomic mass is 9.94. The number of amides is 1. The smallest absolute Gasteiger partial charge is 0.222 e. The third kappa shape index (κ3) is 4.62. The third-order valence-corrected chi connectivity index (χ3v) is 4.99. The van der Waals surface area contributed by atoms with Crippen molar-refractivity contribution in [3.63, 3.8) is 0 Å². The van der Waals surface area contributed by atoms with Gasteiger partial charge in [0.2, 0.25) is 5.91 Å². The summed E-state index contributed by atoms with van der Waals surface area (Å²) in [5.74, 6) is 1.06. The predicted molar refractivity (Wildman–Crippen MR) is 87.1 cm³/mol. The number of alkyl halides is 1. The van der Waals surface area contributed by atoms with Gasteiger partial charge in [0.25, 0.3) is 0 Å². The Bertz CT molecular complexity index is 410. The second kappa shape index (κ2) is 7.82. The minimum Gasteiger partial charge on any atom is -0.343 e. The van der Waals surface area contributed by atoms with E-state index in [9.17, 15) is 4.79 Å². The van der Waals surface area contributed by atoms with Crippen LogP contribution in [0.5, 0.6) is 0 Å². The summed E-state index contributed by atoms with van der Waals surface area (Å²) in [5.41, 5.74) is 1.33. The Kier molecular flexibility index (Phi) is 6.08. The molecule has 1 saturated heterocycles. The molecule has 1 aliphatic heterocycles. The fourth-order valence-electron chi connectivity index (χ4n) is 2.85. The van der Waals surface area contributed by atoms with E-state index in [1.54, 1.807) is 0 Å². The Morgan fingerprint density at radius 3 is 2.55 bits per heavy atom. The van der Waals surface area contributed by atoms with Crippen LogP contribution in [0, 0.1) is 5.92 Å². The standard InChI is InChI=1S/C17H24BrNO/c1-14(18)16-10-12-19(13-11-16)17(20)9-5-8-15-6-3-2-4-7-15/h2-4,6-7,14,16H,5,8-13H2,1H3. The molecule has 1 aromatic rings. The molecule has 1 aliphatic rings. The molecular weight excluding hydrogens is 314 g/mol. The highest BCUT2D eigenvalue weighted by Gasteiger charge is 2.24. The van der Waals surface area contributed by atoms with Gasteiger partial charge in [-0.25, -0.2) is 0 Å². The first-order valence-electron chi connectivity index (χ1n) is 7.62. The van der Waals surface area contributed by atoms with Crippen LogP contribution in [0.4, 0.5) is 0 Å². The zero-order valence-corrected chi connectivity index (χ0v) is 13.8. The van der Waals surface area contributed by atoms with Crippen molar-refractivity contribution in [1.82, 2.24) is 4.90 Å². The molecule has 20 heavy (non-hydrogen) atoms. The molecule has 0 radical (unpaired) electrons. The van der Waals surface area contributed by atoms with Crippen molar-refractivity contribution in [2.24, 2.45) is 5.92 Å². The molecule has 0 N–H and O–H groups in total. The van der Waals surface area contributed by atoms with E-state index in [2.05, 4.69) is 52.0 Å². The summed E-state index contributed by atoms with van der Waals surface area (Å²) in [6.07, 6.45) is 4.91. The Morgan fingerprint density at radius 2 is 1.95 bits per heavy atom. The predicted octanol–water partition coefficient (Wildman–Crippen LogP) is 4.03. The lowest BCUT2D eigenvalue weighted by molar-refractivity contribution is -0.132. The van der Waals surface area contributed by atoms with Crippen LogP contribution in [0.3, 0.4) is 0 Å². The van der Waals surface area contributed by atoms with E-state index < -0.39 is 0 Å². The number of nitrogens with zero attached hydrogens (tertiary/aromatic N) is 1. The summed E-state index contributed by atoms with van der Waals surface area (Å²) in [6, 6.07) is 10.4. The summed E-state index contributed by atoms with van der Waals surface area (Å²) < 4.78 is 0. The highest BCUT2D eigenvalue weighted by atomic mass is 79.9. The molecule has 1 heterocycles. The topological polar surface area (TPSA) is 20.3 Å². The van der Waals surface area contributed by atoms with Gasteiger partial charge < -0.3 is 4.90 Å². The van der Waals surface area contributed by atoms with Crippen LogP contribution in [-0.4, -0.2) is 28.7 Å². The van der Waals surface area contributed by atoms with E-state index in [4.69, 9.17) is 0 Å². The van der Waals surface area contributed by atoms with E-state index in [0.29, 0.717) is 17.2 Å². The van der Waals surface area contributed by atoms with Crippen LogP contribution in [0.25, 0.3) is 0 Å². The van der Waals surface area contributed by atoms with E-state index in [-0.39, 0.29) is 0 Å². The maximum Gasteiger partial charge on any atom is 0.222 e. The molecule has 0 saturated carbocycles. The molecule has 0 aliphatic carbocycles. The van der Waals surface area contributed by atoms with Crippen LogP contribution in [-0.2, 0) is 11.2 Å². The fraction of sp³-hybridized carbons (Fsp3) is 0.588. The normalized spacial score (nSPS) is 18.0. The summed E-state index contributed by atoms with van der Waals surface area (Å²) in [6.45, 7) is 4.08. The Balaban J connectivity index is 1.68. The van der Waals surface area contributed by atoms with E-state index in [1.807, 2.05) is 6.07 Å². The molecule has 0 spiro atoms. The molecule has 1 atom stereocenters. The second-order valence-corrected chi connectivity index (χ2v) is 7.18. The van der Waals surface area contributed by atoms with Crippen LogP contribution < -0.4 is 0 Å². The fourth-order valence-corrected chi connectivity index (χ4v) is 3.38. The van der Waals surface area contributed by atoms with Crippen molar-refractivity contribution >= 4 is 21.8 Å². The number of benzene rings is 1. The maximum atomic E-state index is 12.2. The minimum absolute atomic E-state index is 0.335. The molecule has 0 bridgehead atoms. The SMILES string of the molecule is CC(Br)C1CCN(C(=O)CCCc2ccccc2)CC1. The average Bonchev–Trinajstić information content (AvgIpc) is 2.48. The van der Waals surface area contributed by atoms with Crippen molar-refractivity contribution in [3.05, 3.63) is 35.9 Å². The molecule has 3 heteroatoms. The van der Waals surface area contributed by atoms with Gasteiger partial charge in [-0.05, 0) is 37.2 Å².